The monoisotopic (exact) mass is 342 g/mol. The Morgan fingerprint density at radius 3 is 2.67 bits per heavy atom. The zero-order valence-electron chi connectivity index (χ0n) is 14.4. The van der Waals surface area contributed by atoms with Crippen molar-refractivity contribution in [3.05, 3.63) is 57.3 Å². The van der Waals surface area contributed by atoms with Gasteiger partial charge in [0.05, 0.1) is 5.92 Å². The molecular formula is C20H26N2OS. The number of carbonyl (C=O) groups excluding carboxylic acids is 1. The summed E-state index contributed by atoms with van der Waals surface area (Å²) in [5.74, 6) is 0.625. The molecule has 2 aromatic rings. The van der Waals surface area contributed by atoms with Crippen LogP contribution in [0.2, 0.25) is 0 Å². The van der Waals surface area contributed by atoms with E-state index in [0.717, 1.165) is 24.8 Å². The van der Waals surface area contributed by atoms with Crippen LogP contribution in [-0.4, -0.2) is 12.5 Å². The maximum absolute atomic E-state index is 12.6. The number of nitrogens with one attached hydrogen (secondary N) is 1. The third-order valence-electron chi connectivity index (χ3n) is 4.90. The molecule has 0 spiro atoms. The molecule has 3 N–H and O–H groups in total. The van der Waals surface area contributed by atoms with Gasteiger partial charge in [0.2, 0.25) is 5.91 Å². The molecule has 1 amide bonds. The number of fused-ring (bicyclic) bond motifs is 1. The molecule has 1 aromatic carbocycles. The van der Waals surface area contributed by atoms with Gasteiger partial charge in [-0.25, -0.2) is 0 Å². The number of nitrogens with two attached hydrogens (primary N) is 1. The summed E-state index contributed by atoms with van der Waals surface area (Å²) in [7, 11) is 0. The fraction of sp³-hybridized carbons (Fsp3) is 0.450. The maximum atomic E-state index is 12.6. The van der Waals surface area contributed by atoms with Crippen molar-refractivity contribution < 1.29 is 4.79 Å². The predicted molar refractivity (Wildman–Crippen MR) is 100 cm³/mol. The van der Waals surface area contributed by atoms with Crippen molar-refractivity contribution in [1.29, 1.82) is 0 Å². The fourth-order valence-corrected chi connectivity index (χ4v) is 4.33. The summed E-state index contributed by atoms with van der Waals surface area (Å²) in [6.45, 7) is 4.84. The molecule has 0 radical (unpaired) electrons. The summed E-state index contributed by atoms with van der Waals surface area (Å²) >= 11 is 1.77. The van der Waals surface area contributed by atoms with Crippen LogP contribution in [0.4, 0.5) is 0 Å². The number of hydrogen-bond donors (Lipinski definition) is 2. The molecule has 1 aromatic heterocycles. The van der Waals surface area contributed by atoms with Crippen molar-refractivity contribution in [1.82, 2.24) is 5.32 Å². The van der Waals surface area contributed by atoms with Gasteiger partial charge in [-0.15, -0.1) is 11.3 Å². The van der Waals surface area contributed by atoms with E-state index < -0.39 is 0 Å². The Morgan fingerprint density at radius 2 is 1.96 bits per heavy atom. The second-order valence-corrected chi connectivity index (χ2v) is 7.92. The SMILES string of the molecule is CC(C)c1ccc(C(N)CNC(=O)C2CCCc3sccc32)cc1. The van der Waals surface area contributed by atoms with Crippen molar-refractivity contribution in [2.45, 2.75) is 51.0 Å². The first-order valence-corrected chi connectivity index (χ1v) is 9.63. The van der Waals surface area contributed by atoms with Gasteiger partial charge in [0.1, 0.15) is 0 Å². The fourth-order valence-electron chi connectivity index (χ4n) is 3.34. The Hall–Kier alpha value is -1.65. The second kappa shape index (κ2) is 7.49. The van der Waals surface area contributed by atoms with Crippen molar-refractivity contribution in [3.63, 3.8) is 0 Å². The van der Waals surface area contributed by atoms with E-state index in [1.165, 1.54) is 16.0 Å². The molecule has 3 nitrogen and oxygen atoms in total. The molecule has 2 unspecified atom stereocenters. The highest BCUT2D eigenvalue weighted by Crippen LogP contribution is 2.35. The quantitative estimate of drug-likeness (QED) is 0.859. The van der Waals surface area contributed by atoms with E-state index in [1.54, 1.807) is 11.3 Å². The van der Waals surface area contributed by atoms with Crippen LogP contribution in [0, 0.1) is 0 Å². The first-order valence-electron chi connectivity index (χ1n) is 8.75. The van der Waals surface area contributed by atoms with Gasteiger partial charge < -0.3 is 11.1 Å². The molecule has 1 aliphatic carbocycles. The largest absolute Gasteiger partial charge is 0.354 e. The molecule has 1 heterocycles. The standard InChI is InChI=1S/C20H26N2OS/c1-13(2)14-6-8-15(9-7-14)18(21)12-22-20(23)17-4-3-5-19-16(17)10-11-24-19/h6-11,13,17-18H,3-5,12,21H2,1-2H3,(H,22,23). The smallest absolute Gasteiger partial charge is 0.227 e. The zero-order chi connectivity index (χ0) is 17.1. The Kier molecular flexibility index (Phi) is 5.36. The van der Waals surface area contributed by atoms with Crippen LogP contribution < -0.4 is 11.1 Å². The Morgan fingerprint density at radius 1 is 1.25 bits per heavy atom. The lowest BCUT2D eigenvalue weighted by Gasteiger charge is -2.23. The van der Waals surface area contributed by atoms with Gasteiger partial charge in [-0.05, 0) is 53.3 Å². The van der Waals surface area contributed by atoms with E-state index in [1.807, 2.05) is 0 Å². The van der Waals surface area contributed by atoms with Crippen molar-refractivity contribution >= 4 is 17.2 Å². The molecule has 3 rings (SSSR count). The van der Waals surface area contributed by atoms with Crippen LogP contribution >= 0.6 is 11.3 Å². The highest BCUT2D eigenvalue weighted by atomic mass is 32.1. The number of benzene rings is 1. The molecule has 0 fully saturated rings. The summed E-state index contributed by atoms with van der Waals surface area (Å²) in [5.41, 5.74) is 9.86. The summed E-state index contributed by atoms with van der Waals surface area (Å²) in [6.07, 6.45) is 3.14. The lowest BCUT2D eigenvalue weighted by atomic mass is 9.87. The van der Waals surface area contributed by atoms with Crippen LogP contribution in [0.15, 0.2) is 35.7 Å². The first kappa shape index (κ1) is 17.2. The Balaban J connectivity index is 1.58. The van der Waals surface area contributed by atoms with Gasteiger partial charge >= 0.3 is 0 Å². The first-order chi connectivity index (χ1) is 11.6. The van der Waals surface area contributed by atoms with Crippen molar-refractivity contribution in [2.24, 2.45) is 5.73 Å². The molecule has 4 heteroatoms. The van der Waals surface area contributed by atoms with Crippen LogP contribution in [0.3, 0.4) is 0 Å². The highest BCUT2D eigenvalue weighted by molar-refractivity contribution is 7.10. The molecule has 24 heavy (non-hydrogen) atoms. The predicted octanol–water partition coefficient (Wildman–Crippen LogP) is 4.11. The summed E-state index contributed by atoms with van der Waals surface area (Å²) in [4.78, 5) is 13.9. The van der Waals surface area contributed by atoms with Gasteiger partial charge in [-0.1, -0.05) is 38.1 Å². The van der Waals surface area contributed by atoms with Gasteiger partial charge in [0.15, 0.2) is 0 Å². The molecule has 0 bridgehead atoms. The maximum Gasteiger partial charge on any atom is 0.227 e. The molecule has 0 saturated heterocycles. The number of amides is 1. The third kappa shape index (κ3) is 3.70. The zero-order valence-corrected chi connectivity index (χ0v) is 15.2. The summed E-state index contributed by atoms with van der Waals surface area (Å²) in [5, 5.41) is 5.15. The number of carbonyl (C=O) groups is 1. The van der Waals surface area contributed by atoms with Crippen molar-refractivity contribution in [2.75, 3.05) is 6.54 Å². The van der Waals surface area contributed by atoms with E-state index in [4.69, 9.17) is 5.73 Å². The summed E-state index contributed by atoms with van der Waals surface area (Å²) in [6, 6.07) is 10.3. The lowest BCUT2D eigenvalue weighted by Crippen LogP contribution is -2.36. The van der Waals surface area contributed by atoms with Gasteiger partial charge in [-0.2, -0.15) is 0 Å². The number of aryl methyl sites for hydroxylation is 1. The minimum absolute atomic E-state index is 0.00415. The summed E-state index contributed by atoms with van der Waals surface area (Å²) < 4.78 is 0. The van der Waals surface area contributed by atoms with E-state index >= 15 is 0 Å². The van der Waals surface area contributed by atoms with E-state index in [0.29, 0.717) is 12.5 Å². The number of rotatable bonds is 5. The van der Waals surface area contributed by atoms with Gasteiger partial charge in [-0.3, -0.25) is 4.79 Å². The molecule has 0 saturated carbocycles. The average molecular weight is 343 g/mol. The molecule has 128 valence electrons. The third-order valence-corrected chi connectivity index (χ3v) is 5.89. The number of hydrogen-bond acceptors (Lipinski definition) is 3. The number of thiophene rings is 1. The van der Waals surface area contributed by atoms with Crippen molar-refractivity contribution in [3.8, 4) is 0 Å². The van der Waals surface area contributed by atoms with Crippen LogP contribution in [0.5, 0.6) is 0 Å². The van der Waals surface area contributed by atoms with Crippen LogP contribution in [0.25, 0.3) is 0 Å². The van der Waals surface area contributed by atoms with Crippen LogP contribution in [0.1, 0.15) is 66.1 Å². The molecule has 2 atom stereocenters. The van der Waals surface area contributed by atoms with E-state index in [2.05, 4.69) is 54.9 Å². The van der Waals surface area contributed by atoms with Crippen LogP contribution in [-0.2, 0) is 11.2 Å². The molecular weight excluding hydrogens is 316 g/mol. The second-order valence-electron chi connectivity index (χ2n) is 6.92. The Bertz CT molecular complexity index is 690. The highest BCUT2D eigenvalue weighted by Gasteiger charge is 2.27. The lowest BCUT2D eigenvalue weighted by molar-refractivity contribution is -0.122. The minimum atomic E-state index is -0.166. The minimum Gasteiger partial charge on any atom is -0.354 e. The molecule has 1 aliphatic rings. The van der Waals surface area contributed by atoms with E-state index in [-0.39, 0.29) is 17.9 Å². The van der Waals surface area contributed by atoms with E-state index in [9.17, 15) is 4.79 Å². The molecule has 0 aliphatic heterocycles. The Labute approximate surface area is 148 Å². The van der Waals surface area contributed by atoms with Gasteiger partial charge in [0.25, 0.3) is 0 Å². The topological polar surface area (TPSA) is 55.1 Å². The normalized spacial score (nSPS) is 18.2. The average Bonchev–Trinajstić information content (AvgIpc) is 3.08. The van der Waals surface area contributed by atoms with Gasteiger partial charge in [0, 0.05) is 17.5 Å².